The Balaban J connectivity index is 1.85. The average molecular weight is 548 g/mol. The number of sulfonamides is 1. The maximum absolute atomic E-state index is 14.1. The Hall–Kier alpha value is -1.29. The third-order valence-corrected chi connectivity index (χ3v) is 7.84. The van der Waals surface area contributed by atoms with Gasteiger partial charge in [-0.1, -0.05) is 51.1 Å². The lowest BCUT2D eigenvalue weighted by Gasteiger charge is -2.33. The lowest BCUT2D eigenvalue weighted by molar-refractivity contribution is -0.116. The zero-order valence-electron chi connectivity index (χ0n) is 15.6. The molecule has 0 radical (unpaired) electrons. The Bertz CT molecular complexity index is 978. The number of nitrogens with zero attached hydrogens (tertiary/aromatic N) is 1. The zero-order chi connectivity index (χ0) is 21.0. The normalized spacial score (nSPS) is 15.4. The third-order valence-electron chi connectivity index (χ3n) is 4.91. The maximum Gasteiger partial charge on any atom is 0.243 e. The van der Waals surface area contributed by atoms with Crippen molar-refractivity contribution >= 4 is 53.5 Å². The summed E-state index contributed by atoms with van der Waals surface area (Å²) in [5.41, 5.74) is 0.0165. The standard InChI is InChI=1S/C20H21Br2FN2O3S/c21-14-6-9-17(10-7-14)29(27,28)25(16-4-2-1-3-5-16)13-20(26)24-19-11-8-15(22)12-18(19)23/h6-12,16H,1-5,13H2,(H,24,26). The monoisotopic (exact) mass is 546 g/mol. The smallest absolute Gasteiger partial charge is 0.243 e. The second-order valence-corrected chi connectivity index (χ2v) is 10.7. The molecule has 0 atom stereocenters. The summed E-state index contributed by atoms with van der Waals surface area (Å²) >= 11 is 6.47. The predicted octanol–water partition coefficient (Wildman–Crippen LogP) is 5.31. The fourth-order valence-electron chi connectivity index (χ4n) is 3.44. The molecule has 1 aliphatic carbocycles. The lowest BCUT2D eigenvalue weighted by Crippen LogP contribution is -2.45. The molecule has 0 aliphatic heterocycles. The number of nitrogens with one attached hydrogen (secondary N) is 1. The Kier molecular flexibility index (Phi) is 7.47. The van der Waals surface area contributed by atoms with E-state index < -0.39 is 21.7 Å². The summed E-state index contributed by atoms with van der Waals surface area (Å²) < 4.78 is 43.2. The van der Waals surface area contributed by atoms with Crippen LogP contribution in [0.2, 0.25) is 0 Å². The van der Waals surface area contributed by atoms with Crippen LogP contribution in [0.25, 0.3) is 0 Å². The van der Waals surface area contributed by atoms with Crippen molar-refractivity contribution in [2.24, 2.45) is 0 Å². The molecule has 0 saturated heterocycles. The van der Waals surface area contributed by atoms with Crippen LogP contribution >= 0.6 is 31.9 Å². The molecule has 9 heteroatoms. The van der Waals surface area contributed by atoms with Crippen molar-refractivity contribution in [3.63, 3.8) is 0 Å². The van der Waals surface area contributed by atoms with Crippen LogP contribution in [0.5, 0.6) is 0 Å². The summed E-state index contributed by atoms with van der Waals surface area (Å²) in [4.78, 5) is 12.8. The van der Waals surface area contributed by atoms with Crippen molar-refractivity contribution in [1.82, 2.24) is 4.31 Å². The van der Waals surface area contributed by atoms with Gasteiger partial charge in [0.05, 0.1) is 17.1 Å². The van der Waals surface area contributed by atoms with Crippen molar-refractivity contribution in [2.45, 2.75) is 43.0 Å². The number of halogens is 3. The van der Waals surface area contributed by atoms with Crippen molar-refractivity contribution in [3.8, 4) is 0 Å². The molecule has 0 aromatic heterocycles. The van der Waals surface area contributed by atoms with Gasteiger partial charge in [-0.15, -0.1) is 0 Å². The minimum absolute atomic E-state index is 0.0165. The second-order valence-electron chi connectivity index (χ2n) is 6.97. The molecule has 0 bridgehead atoms. The van der Waals surface area contributed by atoms with Gasteiger partial charge >= 0.3 is 0 Å². The molecule has 3 rings (SSSR count). The predicted molar refractivity (Wildman–Crippen MR) is 118 cm³/mol. The summed E-state index contributed by atoms with van der Waals surface area (Å²) in [6.45, 7) is -0.363. The molecule has 1 fully saturated rings. The second kappa shape index (κ2) is 9.68. The van der Waals surface area contributed by atoms with E-state index in [1.165, 1.54) is 28.6 Å². The molecule has 2 aromatic carbocycles. The maximum atomic E-state index is 14.1. The highest BCUT2D eigenvalue weighted by Gasteiger charge is 2.34. The van der Waals surface area contributed by atoms with Gasteiger partial charge in [-0.25, -0.2) is 12.8 Å². The highest BCUT2D eigenvalue weighted by atomic mass is 79.9. The first-order valence-corrected chi connectivity index (χ1v) is 12.3. The van der Waals surface area contributed by atoms with E-state index in [1.54, 1.807) is 18.2 Å². The minimum Gasteiger partial charge on any atom is -0.322 e. The molecule has 1 amide bonds. The molecule has 5 nitrogen and oxygen atoms in total. The van der Waals surface area contributed by atoms with Crippen LogP contribution in [0.4, 0.5) is 10.1 Å². The molecule has 29 heavy (non-hydrogen) atoms. The highest BCUT2D eigenvalue weighted by molar-refractivity contribution is 9.10. The number of carbonyl (C=O) groups is 1. The Labute approximate surface area is 187 Å². The third kappa shape index (κ3) is 5.65. The molecule has 1 saturated carbocycles. The van der Waals surface area contributed by atoms with Gasteiger partial charge < -0.3 is 5.32 Å². The molecule has 0 spiro atoms. The van der Waals surface area contributed by atoms with Gasteiger partial charge in [-0.05, 0) is 55.3 Å². The van der Waals surface area contributed by atoms with Gasteiger partial charge in [0, 0.05) is 15.0 Å². The van der Waals surface area contributed by atoms with Crippen molar-refractivity contribution in [1.29, 1.82) is 0 Å². The molecule has 1 N–H and O–H groups in total. The molecular weight excluding hydrogens is 527 g/mol. The molecule has 0 unspecified atom stereocenters. The van der Waals surface area contributed by atoms with Gasteiger partial charge in [0.25, 0.3) is 0 Å². The van der Waals surface area contributed by atoms with E-state index in [2.05, 4.69) is 37.2 Å². The lowest BCUT2D eigenvalue weighted by atomic mass is 9.95. The number of benzene rings is 2. The Morgan fingerprint density at radius 1 is 1.03 bits per heavy atom. The first-order valence-electron chi connectivity index (χ1n) is 9.29. The number of hydrogen-bond acceptors (Lipinski definition) is 3. The highest BCUT2D eigenvalue weighted by Crippen LogP contribution is 2.28. The van der Waals surface area contributed by atoms with Crippen molar-refractivity contribution < 1.29 is 17.6 Å². The molecule has 0 heterocycles. The van der Waals surface area contributed by atoms with Crippen LogP contribution in [-0.4, -0.2) is 31.2 Å². The van der Waals surface area contributed by atoms with Crippen LogP contribution in [-0.2, 0) is 14.8 Å². The first kappa shape index (κ1) is 22.4. The average Bonchev–Trinajstić information content (AvgIpc) is 2.69. The summed E-state index contributed by atoms with van der Waals surface area (Å²) in [7, 11) is -3.87. The zero-order valence-corrected chi connectivity index (χ0v) is 19.6. The number of hydrogen-bond donors (Lipinski definition) is 1. The summed E-state index contributed by atoms with van der Waals surface area (Å²) in [6.07, 6.45) is 4.30. The van der Waals surface area contributed by atoms with Crippen LogP contribution in [0, 0.1) is 5.82 Å². The van der Waals surface area contributed by atoms with Gasteiger partial charge in [0.2, 0.25) is 15.9 Å². The fraction of sp³-hybridized carbons (Fsp3) is 0.350. The van der Waals surface area contributed by atoms with Crippen LogP contribution < -0.4 is 5.32 Å². The Morgan fingerprint density at radius 2 is 1.66 bits per heavy atom. The van der Waals surface area contributed by atoms with E-state index in [0.717, 1.165) is 23.7 Å². The molecule has 156 valence electrons. The van der Waals surface area contributed by atoms with E-state index in [4.69, 9.17) is 0 Å². The van der Waals surface area contributed by atoms with Crippen LogP contribution in [0.3, 0.4) is 0 Å². The number of amides is 1. The van der Waals surface area contributed by atoms with E-state index in [-0.39, 0.29) is 23.2 Å². The summed E-state index contributed by atoms with van der Waals surface area (Å²) in [5.74, 6) is -1.16. The topological polar surface area (TPSA) is 66.5 Å². The molecule has 2 aromatic rings. The van der Waals surface area contributed by atoms with Crippen molar-refractivity contribution in [3.05, 3.63) is 57.2 Å². The Morgan fingerprint density at radius 3 is 2.28 bits per heavy atom. The first-order chi connectivity index (χ1) is 13.8. The summed E-state index contributed by atoms with van der Waals surface area (Å²) in [6, 6.07) is 10.4. The fourth-order valence-corrected chi connectivity index (χ4v) is 5.68. The van der Waals surface area contributed by atoms with Gasteiger partial charge in [-0.2, -0.15) is 4.31 Å². The van der Waals surface area contributed by atoms with E-state index in [0.29, 0.717) is 17.3 Å². The van der Waals surface area contributed by atoms with Gasteiger partial charge in [0.1, 0.15) is 5.82 Å². The van der Waals surface area contributed by atoms with Crippen molar-refractivity contribution in [2.75, 3.05) is 11.9 Å². The number of anilines is 1. The molecular formula is C20H21Br2FN2O3S. The van der Waals surface area contributed by atoms with Gasteiger partial charge in [0.15, 0.2) is 0 Å². The SMILES string of the molecule is O=C(CN(C1CCCCC1)S(=O)(=O)c1ccc(Br)cc1)Nc1ccc(Br)cc1F. The minimum atomic E-state index is -3.87. The largest absolute Gasteiger partial charge is 0.322 e. The van der Waals surface area contributed by atoms with Gasteiger partial charge in [-0.3, -0.25) is 4.79 Å². The van der Waals surface area contributed by atoms with E-state index in [9.17, 15) is 17.6 Å². The summed E-state index contributed by atoms with van der Waals surface area (Å²) in [5, 5.41) is 2.49. The molecule has 1 aliphatic rings. The van der Waals surface area contributed by atoms with Crippen LogP contribution in [0.15, 0.2) is 56.3 Å². The number of carbonyl (C=O) groups excluding carboxylic acids is 1. The van der Waals surface area contributed by atoms with E-state index >= 15 is 0 Å². The van der Waals surface area contributed by atoms with E-state index in [1.807, 2.05) is 0 Å². The van der Waals surface area contributed by atoms with Crippen LogP contribution in [0.1, 0.15) is 32.1 Å². The number of rotatable bonds is 6. The quantitative estimate of drug-likeness (QED) is 0.532.